The summed E-state index contributed by atoms with van der Waals surface area (Å²) >= 11 is 0. The molecule has 7 heteroatoms. The maximum atomic E-state index is 15.0. The van der Waals surface area contributed by atoms with Gasteiger partial charge in [-0.2, -0.15) is 0 Å². The van der Waals surface area contributed by atoms with Crippen molar-refractivity contribution in [2.45, 2.75) is 70.1 Å². The molecule has 1 aromatic carbocycles. The molecule has 1 fully saturated rings. The van der Waals surface area contributed by atoms with E-state index in [4.69, 9.17) is 19.7 Å². The highest BCUT2D eigenvalue weighted by Gasteiger charge is 2.24. The number of rotatable bonds is 14. The number of aliphatic hydroxyl groups is 2. The second kappa shape index (κ2) is 18.0. The molecule has 0 aliphatic heterocycles. The van der Waals surface area contributed by atoms with Crippen molar-refractivity contribution < 1.29 is 33.7 Å². The van der Waals surface area contributed by atoms with Crippen LogP contribution in [0.4, 0.5) is 4.39 Å². The van der Waals surface area contributed by atoms with E-state index in [1.54, 1.807) is 12.1 Å². The first-order valence-electron chi connectivity index (χ1n) is 12.8. The monoisotopic (exact) mass is 506 g/mol. The van der Waals surface area contributed by atoms with Gasteiger partial charge in [0.1, 0.15) is 18.7 Å². The summed E-state index contributed by atoms with van der Waals surface area (Å²) in [6.07, 6.45) is 10.5. The van der Waals surface area contributed by atoms with E-state index < -0.39 is 18.5 Å². The van der Waals surface area contributed by atoms with E-state index in [1.807, 2.05) is 6.07 Å². The lowest BCUT2D eigenvalue weighted by Crippen LogP contribution is -2.20. The average Bonchev–Trinajstić information content (AvgIpc) is 2.90. The van der Waals surface area contributed by atoms with Crippen molar-refractivity contribution in [2.75, 3.05) is 33.5 Å². The highest BCUT2D eigenvalue weighted by atomic mass is 19.1. The Kier molecular flexibility index (Phi) is 15.8. The molecule has 6 nitrogen and oxygen atoms in total. The summed E-state index contributed by atoms with van der Waals surface area (Å²) in [4.78, 5) is 21.2. The van der Waals surface area contributed by atoms with Crippen LogP contribution in [0.15, 0.2) is 42.5 Å². The van der Waals surface area contributed by atoms with Crippen LogP contribution in [-0.4, -0.2) is 56.0 Å². The van der Waals surface area contributed by atoms with Gasteiger partial charge in [-0.1, -0.05) is 57.9 Å². The van der Waals surface area contributed by atoms with Crippen LogP contribution in [0.5, 0.6) is 0 Å². The third-order valence-electron chi connectivity index (χ3n) is 6.63. The Morgan fingerprint density at radius 2 is 1.83 bits per heavy atom. The number of hydrogen-bond acceptors (Lipinski definition) is 6. The Balaban J connectivity index is 0.000000960. The fraction of sp³-hybridized carbons (Fsp3) is 0.586. The van der Waals surface area contributed by atoms with E-state index in [-0.39, 0.29) is 36.8 Å². The third kappa shape index (κ3) is 11.1. The van der Waals surface area contributed by atoms with E-state index in [9.17, 15) is 14.0 Å². The van der Waals surface area contributed by atoms with Crippen molar-refractivity contribution >= 4 is 12.3 Å². The lowest BCUT2D eigenvalue weighted by atomic mass is 9.76. The number of halogens is 1. The van der Waals surface area contributed by atoms with Gasteiger partial charge >= 0.3 is 5.97 Å². The van der Waals surface area contributed by atoms with Crippen LogP contribution in [0, 0.1) is 11.7 Å². The van der Waals surface area contributed by atoms with Crippen LogP contribution in [0.25, 0.3) is 0 Å². The van der Waals surface area contributed by atoms with Gasteiger partial charge in [0.2, 0.25) is 0 Å². The van der Waals surface area contributed by atoms with Gasteiger partial charge in [0.15, 0.2) is 0 Å². The van der Waals surface area contributed by atoms with Gasteiger partial charge < -0.3 is 19.7 Å². The molecule has 202 valence electrons. The number of ether oxygens (including phenoxy) is 2. The fourth-order valence-electron chi connectivity index (χ4n) is 4.40. The molecule has 1 saturated carbocycles. The van der Waals surface area contributed by atoms with Crippen LogP contribution < -0.4 is 0 Å². The predicted molar refractivity (Wildman–Crippen MR) is 139 cm³/mol. The van der Waals surface area contributed by atoms with Crippen LogP contribution in [0.2, 0.25) is 0 Å². The Morgan fingerprint density at radius 1 is 1.14 bits per heavy atom. The standard InChI is InChI=1S/C25H37FO4.C4H6O2/c1-4-5-6-7-19-8-10-20(11-9-19)21-12-13-23(24(26)14-21)22(16-29-3)17-30-25(28)18(2)15-27;1-4(2-5)3-6/h12-14,19-20,22,27H,2,4-11,15-17H2,1,3H3;2,6H,1,3H2. The van der Waals surface area contributed by atoms with Crippen molar-refractivity contribution in [3.05, 3.63) is 59.4 Å². The lowest BCUT2D eigenvalue weighted by Gasteiger charge is -2.29. The van der Waals surface area contributed by atoms with Crippen molar-refractivity contribution in [2.24, 2.45) is 5.92 Å². The maximum absolute atomic E-state index is 15.0. The SMILES string of the molecule is C=C(C=O)CO.C=C(CO)C(=O)OCC(COC)c1ccc(C2CCC(CCCCC)CC2)cc1F. The summed E-state index contributed by atoms with van der Waals surface area (Å²) in [5.74, 6) is -0.120. The van der Waals surface area contributed by atoms with Gasteiger partial charge in [0.05, 0.1) is 25.4 Å². The van der Waals surface area contributed by atoms with Crippen molar-refractivity contribution in [3.63, 3.8) is 0 Å². The molecule has 0 saturated heterocycles. The number of carbonyl (C=O) groups is 2. The van der Waals surface area contributed by atoms with E-state index in [2.05, 4.69) is 20.1 Å². The molecule has 0 aromatic heterocycles. The molecule has 0 heterocycles. The van der Waals surface area contributed by atoms with Crippen molar-refractivity contribution in [3.8, 4) is 0 Å². The minimum absolute atomic E-state index is 0.0210. The molecular weight excluding hydrogens is 463 g/mol. The molecule has 0 radical (unpaired) electrons. The number of methoxy groups -OCH3 is 1. The molecule has 1 aliphatic carbocycles. The Hall–Kier alpha value is -2.35. The van der Waals surface area contributed by atoms with Gasteiger partial charge in [-0.15, -0.1) is 0 Å². The zero-order valence-electron chi connectivity index (χ0n) is 21.8. The first-order valence-corrected chi connectivity index (χ1v) is 12.8. The van der Waals surface area contributed by atoms with Crippen LogP contribution in [0.3, 0.4) is 0 Å². The Bertz CT molecular complexity index is 829. The minimum atomic E-state index is -0.675. The zero-order chi connectivity index (χ0) is 26.9. The van der Waals surface area contributed by atoms with Crippen LogP contribution >= 0.6 is 0 Å². The summed E-state index contributed by atoms with van der Waals surface area (Å²) in [5, 5.41) is 17.0. The number of aliphatic hydroxyl groups excluding tert-OH is 2. The summed E-state index contributed by atoms with van der Waals surface area (Å²) < 4.78 is 25.3. The normalized spacial score (nSPS) is 17.9. The van der Waals surface area contributed by atoms with E-state index in [1.165, 1.54) is 45.6 Å². The van der Waals surface area contributed by atoms with Crippen LogP contribution in [0.1, 0.15) is 81.3 Å². The number of esters is 1. The molecule has 1 atom stereocenters. The number of carbonyl (C=O) groups excluding carboxylic acids is 2. The topological polar surface area (TPSA) is 93.1 Å². The van der Waals surface area contributed by atoms with Crippen LogP contribution in [-0.2, 0) is 19.1 Å². The highest BCUT2D eigenvalue weighted by Crippen LogP contribution is 2.38. The predicted octanol–water partition coefficient (Wildman–Crippen LogP) is 5.24. The number of unbranched alkanes of at least 4 members (excludes halogenated alkanes) is 2. The minimum Gasteiger partial charge on any atom is -0.462 e. The Labute approximate surface area is 215 Å². The van der Waals surface area contributed by atoms with E-state index >= 15 is 0 Å². The zero-order valence-corrected chi connectivity index (χ0v) is 21.8. The molecule has 2 rings (SSSR count). The summed E-state index contributed by atoms with van der Waals surface area (Å²) in [6.45, 7) is 8.38. The molecular formula is C29H43FO6. The van der Waals surface area contributed by atoms with E-state index in [0.29, 0.717) is 17.8 Å². The van der Waals surface area contributed by atoms with E-state index in [0.717, 1.165) is 24.3 Å². The smallest absolute Gasteiger partial charge is 0.335 e. The molecule has 1 aromatic rings. The Morgan fingerprint density at radius 3 is 2.33 bits per heavy atom. The van der Waals surface area contributed by atoms with Gasteiger partial charge in [0, 0.05) is 18.6 Å². The molecule has 36 heavy (non-hydrogen) atoms. The largest absolute Gasteiger partial charge is 0.462 e. The van der Waals surface area contributed by atoms with Gasteiger partial charge in [0.25, 0.3) is 0 Å². The average molecular weight is 507 g/mol. The third-order valence-corrected chi connectivity index (χ3v) is 6.63. The molecule has 1 aliphatic rings. The van der Waals surface area contributed by atoms with Gasteiger partial charge in [-0.25, -0.2) is 9.18 Å². The highest BCUT2D eigenvalue weighted by molar-refractivity contribution is 5.87. The first kappa shape index (κ1) is 31.7. The second-order valence-corrected chi connectivity index (χ2v) is 9.44. The quantitative estimate of drug-likeness (QED) is 0.155. The fourth-order valence-corrected chi connectivity index (χ4v) is 4.40. The van der Waals surface area contributed by atoms with Gasteiger partial charge in [-0.3, -0.25) is 4.79 Å². The molecule has 0 spiro atoms. The summed E-state index contributed by atoms with van der Waals surface area (Å²) in [6, 6.07) is 5.46. The molecule has 0 bridgehead atoms. The summed E-state index contributed by atoms with van der Waals surface area (Å²) in [7, 11) is 1.53. The van der Waals surface area contributed by atoms with Gasteiger partial charge in [-0.05, 0) is 54.7 Å². The number of aldehydes is 1. The molecule has 2 N–H and O–H groups in total. The summed E-state index contributed by atoms with van der Waals surface area (Å²) in [5.41, 5.74) is 1.74. The number of benzene rings is 1. The lowest BCUT2D eigenvalue weighted by molar-refractivity contribution is -0.140. The van der Waals surface area contributed by atoms with Crippen molar-refractivity contribution in [1.29, 1.82) is 0 Å². The molecule has 0 amide bonds. The molecule has 1 unspecified atom stereocenters. The maximum Gasteiger partial charge on any atom is 0.335 e. The first-order chi connectivity index (χ1) is 17.3. The number of hydrogen-bond donors (Lipinski definition) is 2. The second-order valence-electron chi connectivity index (χ2n) is 9.44. The van der Waals surface area contributed by atoms with Crippen molar-refractivity contribution in [1.82, 2.24) is 0 Å².